The van der Waals surface area contributed by atoms with Crippen LogP contribution in [0, 0.1) is 17.3 Å². The van der Waals surface area contributed by atoms with Crippen LogP contribution in [0.4, 0.5) is 0 Å². The molecule has 7 heteroatoms. The van der Waals surface area contributed by atoms with Crippen molar-refractivity contribution in [2.75, 3.05) is 19.7 Å². The van der Waals surface area contributed by atoms with Gasteiger partial charge in [0.15, 0.2) is 6.61 Å². The average Bonchev–Trinajstić information content (AvgIpc) is 2.48. The molecule has 25 heavy (non-hydrogen) atoms. The van der Waals surface area contributed by atoms with Gasteiger partial charge in [-0.1, -0.05) is 15.9 Å². The summed E-state index contributed by atoms with van der Waals surface area (Å²) in [7, 11) is 0. The quantitative estimate of drug-likeness (QED) is 0.492. The number of alkyl halides is 1. The molecule has 2 amide bonds. The lowest BCUT2D eigenvalue weighted by molar-refractivity contribution is -0.154. The van der Waals surface area contributed by atoms with E-state index in [1.165, 1.54) is 19.3 Å². The molecular formula is C18H27BrN2O4. The Bertz CT molecular complexity index is 551. The van der Waals surface area contributed by atoms with E-state index in [1.807, 2.05) is 6.92 Å². The zero-order valence-electron chi connectivity index (χ0n) is 14.7. The van der Waals surface area contributed by atoms with Crippen LogP contribution in [0.15, 0.2) is 0 Å². The number of carbonyl (C=O) groups is 3. The van der Waals surface area contributed by atoms with E-state index in [-0.39, 0.29) is 34.8 Å². The van der Waals surface area contributed by atoms with Crippen LogP contribution in [0.5, 0.6) is 0 Å². The Balaban J connectivity index is 1.44. The van der Waals surface area contributed by atoms with E-state index in [9.17, 15) is 14.4 Å². The summed E-state index contributed by atoms with van der Waals surface area (Å²) in [6, 6.07) is 0. The molecule has 2 atom stereocenters. The Labute approximate surface area is 156 Å². The number of rotatable bonds is 7. The predicted octanol–water partition coefficient (Wildman–Crippen LogP) is 1.91. The Morgan fingerprint density at radius 3 is 2.36 bits per heavy atom. The normalized spacial score (nSPS) is 35.3. The minimum Gasteiger partial charge on any atom is -0.456 e. The van der Waals surface area contributed by atoms with Crippen molar-refractivity contribution in [2.24, 2.45) is 17.3 Å². The Morgan fingerprint density at radius 1 is 1.08 bits per heavy atom. The van der Waals surface area contributed by atoms with Gasteiger partial charge in [0.25, 0.3) is 5.91 Å². The third kappa shape index (κ3) is 4.54. The molecule has 0 heterocycles. The molecule has 140 valence electrons. The van der Waals surface area contributed by atoms with E-state index in [1.54, 1.807) is 0 Å². The van der Waals surface area contributed by atoms with Crippen LogP contribution in [0.25, 0.3) is 0 Å². The number of likely N-dealkylation sites (N-methyl/N-ethyl adjacent to an activating group) is 1. The molecule has 4 aliphatic carbocycles. The van der Waals surface area contributed by atoms with Crippen molar-refractivity contribution in [1.82, 2.24) is 10.6 Å². The molecule has 2 N–H and O–H groups in total. The number of ether oxygens (including phenoxy) is 1. The van der Waals surface area contributed by atoms with Crippen molar-refractivity contribution in [3.63, 3.8) is 0 Å². The monoisotopic (exact) mass is 414 g/mol. The van der Waals surface area contributed by atoms with Crippen molar-refractivity contribution in [1.29, 1.82) is 0 Å². The molecule has 0 aliphatic heterocycles. The van der Waals surface area contributed by atoms with E-state index in [2.05, 4.69) is 26.6 Å². The van der Waals surface area contributed by atoms with Crippen LogP contribution in [0.3, 0.4) is 0 Å². The van der Waals surface area contributed by atoms with Gasteiger partial charge >= 0.3 is 5.97 Å². The lowest BCUT2D eigenvalue weighted by Crippen LogP contribution is -2.53. The van der Waals surface area contributed by atoms with Gasteiger partial charge in [-0.2, -0.15) is 0 Å². The minimum atomic E-state index is -0.443. The van der Waals surface area contributed by atoms with Crippen molar-refractivity contribution in [2.45, 2.75) is 56.2 Å². The molecule has 0 unspecified atom stereocenters. The third-order valence-electron chi connectivity index (χ3n) is 5.81. The SMILES string of the molecule is CCNC(=O)CNC(=O)COC(=O)CC12C[C@@H]3C[C@H](CC(Br)(C3)C1)C2. The maximum Gasteiger partial charge on any atom is 0.306 e. The van der Waals surface area contributed by atoms with E-state index < -0.39 is 5.91 Å². The first kappa shape index (κ1) is 18.7. The second-order valence-corrected chi connectivity index (χ2v) is 9.86. The molecule has 4 rings (SSSR count). The fourth-order valence-corrected chi connectivity index (χ4v) is 7.05. The summed E-state index contributed by atoms with van der Waals surface area (Å²) in [5.74, 6) is 0.439. The first-order chi connectivity index (χ1) is 11.8. The summed E-state index contributed by atoms with van der Waals surface area (Å²) in [5, 5.41) is 5.04. The maximum atomic E-state index is 12.3. The third-order valence-corrected chi connectivity index (χ3v) is 6.74. The van der Waals surface area contributed by atoms with Crippen LogP contribution < -0.4 is 10.6 Å². The summed E-state index contributed by atoms with van der Waals surface area (Å²) in [6.45, 7) is 1.91. The minimum absolute atomic E-state index is 0.0438. The lowest BCUT2D eigenvalue weighted by Gasteiger charge is -2.60. The standard InChI is InChI=1S/C18H27BrN2O4/c1-2-20-14(22)9-21-15(23)10-25-16(24)8-17-4-12-3-13(5-17)7-18(19,6-12)11-17/h12-13H,2-11H2,1H3,(H,20,22)(H,21,23)/t12-,13-,17?,18?/m0/s1. The van der Waals surface area contributed by atoms with E-state index >= 15 is 0 Å². The number of nitrogens with one attached hydrogen (secondary N) is 2. The second-order valence-electron chi connectivity index (χ2n) is 8.18. The highest BCUT2D eigenvalue weighted by atomic mass is 79.9. The van der Waals surface area contributed by atoms with Gasteiger partial charge in [0.1, 0.15) is 0 Å². The maximum absolute atomic E-state index is 12.3. The zero-order chi connectivity index (χ0) is 18.1. The Morgan fingerprint density at radius 2 is 1.76 bits per heavy atom. The number of carbonyl (C=O) groups excluding carboxylic acids is 3. The molecule has 0 saturated heterocycles. The lowest BCUT2D eigenvalue weighted by atomic mass is 9.49. The molecule has 0 aromatic heterocycles. The largest absolute Gasteiger partial charge is 0.456 e. The molecule has 4 fully saturated rings. The molecule has 0 spiro atoms. The highest BCUT2D eigenvalue weighted by molar-refractivity contribution is 9.10. The average molecular weight is 415 g/mol. The number of halogens is 1. The fraction of sp³-hybridized carbons (Fsp3) is 0.833. The molecule has 6 nitrogen and oxygen atoms in total. The summed E-state index contributed by atoms with van der Waals surface area (Å²) in [4.78, 5) is 35.3. The van der Waals surface area contributed by atoms with Crippen LogP contribution in [-0.2, 0) is 19.1 Å². The molecule has 4 saturated carbocycles. The van der Waals surface area contributed by atoms with Gasteiger partial charge in [0.05, 0.1) is 13.0 Å². The van der Waals surface area contributed by atoms with Crippen LogP contribution in [0.1, 0.15) is 51.9 Å². The van der Waals surface area contributed by atoms with Crippen molar-refractivity contribution in [3.05, 3.63) is 0 Å². The highest BCUT2D eigenvalue weighted by Gasteiger charge is 2.57. The second kappa shape index (κ2) is 7.25. The number of esters is 1. The van der Waals surface area contributed by atoms with Gasteiger partial charge in [0, 0.05) is 10.9 Å². The van der Waals surface area contributed by atoms with Gasteiger partial charge in [-0.05, 0) is 62.7 Å². The fourth-order valence-electron chi connectivity index (χ4n) is 5.54. The van der Waals surface area contributed by atoms with Crippen molar-refractivity contribution >= 4 is 33.7 Å². The van der Waals surface area contributed by atoms with Crippen molar-refractivity contribution in [3.8, 4) is 0 Å². The Kier molecular flexibility index (Phi) is 5.42. The first-order valence-corrected chi connectivity index (χ1v) is 9.99. The molecule has 0 aromatic carbocycles. The number of amides is 2. The van der Waals surface area contributed by atoms with E-state index in [0.29, 0.717) is 24.8 Å². The van der Waals surface area contributed by atoms with E-state index in [4.69, 9.17) is 4.74 Å². The molecule has 0 radical (unpaired) electrons. The molecule has 4 bridgehead atoms. The van der Waals surface area contributed by atoms with Gasteiger partial charge in [-0.15, -0.1) is 0 Å². The van der Waals surface area contributed by atoms with Gasteiger partial charge in [0.2, 0.25) is 5.91 Å². The van der Waals surface area contributed by atoms with Crippen molar-refractivity contribution < 1.29 is 19.1 Å². The highest BCUT2D eigenvalue weighted by Crippen LogP contribution is 2.65. The van der Waals surface area contributed by atoms with Gasteiger partial charge < -0.3 is 15.4 Å². The van der Waals surface area contributed by atoms with Gasteiger partial charge in [-0.3, -0.25) is 14.4 Å². The van der Waals surface area contributed by atoms with Crippen LogP contribution in [0.2, 0.25) is 0 Å². The first-order valence-electron chi connectivity index (χ1n) is 9.19. The van der Waals surface area contributed by atoms with Crippen LogP contribution >= 0.6 is 15.9 Å². The van der Waals surface area contributed by atoms with Gasteiger partial charge in [-0.25, -0.2) is 0 Å². The molecule has 4 aliphatic rings. The predicted molar refractivity (Wildman–Crippen MR) is 96.0 cm³/mol. The van der Waals surface area contributed by atoms with E-state index in [0.717, 1.165) is 19.3 Å². The summed E-state index contributed by atoms with van der Waals surface area (Å²) in [6.07, 6.45) is 7.39. The smallest absolute Gasteiger partial charge is 0.306 e. The number of hydrogen-bond acceptors (Lipinski definition) is 4. The summed E-state index contributed by atoms with van der Waals surface area (Å²) < 4.78 is 5.38. The summed E-state index contributed by atoms with van der Waals surface area (Å²) in [5.41, 5.74) is 0.0438. The number of hydrogen-bond donors (Lipinski definition) is 2. The molecular weight excluding hydrogens is 388 g/mol. The Hall–Kier alpha value is -1.11. The van der Waals surface area contributed by atoms with Crippen LogP contribution in [-0.4, -0.2) is 41.8 Å². The zero-order valence-corrected chi connectivity index (χ0v) is 16.3. The topological polar surface area (TPSA) is 84.5 Å². The molecule has 0 aromatic rings. The summed E-state index contributed by atoms with van der Waals surface area (Å²) >= 11 is 3.94.